The molecule has 0 aromatic heterocycles. The van der Waals surface area contributed by atoms with Crippen LogP contribution in [-0.2, 0) is 19.1 Å². The first-order valence-electron chi connectivity index (χ1n) is 10.9. The van der Waals surface area contributed by atoms with Crippen molar-refractivity contribution in [2.75, 3.05) is 54.2 Å². The molecule has 1 saturated heterocycles. The Balaban J connectivity index is 1.50. The molecule has 0 unspecified atom stereocenters. The Labute approximate surface area is 202 Å². The number of aliphatic imine (C=N–C) groups is 1. The van der Waals surface area contributed by atoms with E-state index in [4.69, 9.17) is 28.4 Å². The number of carbonyl (C=O) groups excluding carboxylic acids is 2. The lowest BCUT2D eigenvalue weighted by atomic mass is 10.1. The van der Waals surface area contributed by atoms with Crippen LogP contribution in [0.2, 0.25) is 0 Å². The zero-order valence-corrected chi connectivity index (χ0v) is 19.7. The lowest BCUT2D eigenvalue weighted by Crippen LogP contribution is -2.43. The van der Waals surface area contributed by atoms with Crippen LogP contribution in [0, 0.1) is 0 Å². The third-order valence-electron chi connectivity index (χ3n) is 5.42. The topological polar surface area (TPSA) is 105 Å². The van der Waals surface area contributed by atoms with Crippen LogP contribution in [0.15, 0.2) is 47.1 Å². The zero-order valence-electron chi connectivity index (χ0n) is 19.7. The number of benzene rings is 2. The van der Waals surface area contributed by atoms with Crippen LogP contribution >= 0.6 is 0 Å². The Morgan fingerprint density at radius 1 is 1.00 bits per heavy atom. The van der Waals surface area contributed by atoms with Crippen molar-refractivity contribution in [3.63, 3.8) is 0 Å². The number of esters is 1. The van der Waals surface area contributed by atoms with Crippen molar-refractivity contribution in [2.24, 2.45) is 4.99 Å². The molecule has 0 radical (unpaired) electrons. The van der Waals surface area contributed by atoms with Gasteiger partial charge in [-0.25, -0.2) is 9.79 Å². The normalized spacial score (nSPS) is 16.5. The summed E-state index contributed by atoms with van der Waals surface area (Å²) < 4.78 is 32.3. The number of rotatable bonds is 8. The molecule has 2 heterocycles. The molecule has 0 spiro atoms. The standard InChI is InChI=1S/C25H26N2O8/c1-30-18-12-17(13-19(14-18)31-2)24-26-20(25(29)35-24)10-16-4-5-21(22(11-16)32-3)34-15-23(28)27-6-8-33-9-7-27/h4-5,10-14H,6-9,15H2,1-3H3/b20-10-. The molecule has 0 N–H and O–H groups in total. The van der Waals surface area contributed by atoms with Crippen LogP contribution in [0.3, 0.4) is 0 Å². The second kappa shape index (κ2) is 10.9. The first-order chi connectivity index (χ1) is 17.0. The van der Waals surface area contributed by atoms with Gasteiger partial charge in [0.2, 0.25) is 5.90 Å². The molecule has 1 amide bonds. The highest BCUT2D eigenvalue weighted by molar-refractivity contribution is 6.13. The monoisotopic (exact) mass is 482 g/mol. The van der Waals surface area contributed by atoms with E-state index in [1.54, 1.807) is 47.4 Å². The molecule has 184 valence electrons. The predicted molar refractivity (Wildman–Crippen MR) is 126 cm³/mol. The van der Waals surface area contributed by atoms with Crippen LogP contribution in [0.1, 0.15) is 11.1 Å². The summed E-state index contributed by atoms with van der Waals surface area (Å²) >= 11 is 0. The minimum Gasteiger partial charge on any atom is -0.497 e. The van der Waals surface area contributed by atoms with Crippen LogP contribution in [0.4, 0.5) is 0 Å². The molecule has 35 heavy (non-hydrogen) atoms. The summed E-state index contributed by atoms with van der Waals surface area (Å²) in [4.78, 5) is 30.8. The van der Waals surface area contributed by atoms with Gasteiger partial charge in [0.05, 0.1) is 34.5 Å². The molecular weight excluding hydrogens is 456 g/mol. The first kappa shape index (κ1) is 24.1. The molecule has 2 aliphatic rings. The van der Waals surface area contributed by atoms with E-state index in [0.717, 1.165) is 0 Å². The Hall–Kier alpha value is -4.05. The van der Waals surface area contributed by atoms with Gasteiger partial charge in [0.1, 0.15) is 11.5 Å². The molecule has 2 aromatic carbocycles. The fraction of sp³-hybridized carbons (Fsp3) is 0.320. The third-order valence-corrected chi connectivity index (χ3v) is 5.42. The van der Waals surface area contributed by atoms with Crippen molar-refractivity contribution in [2.45, 2.75) is 0 Å². The third kappa shape index (κ3) is 5.72. The van der Waals surface area contributed by atoms with Crippen molar-refractivity contribution in [3.8, 4) is 23.0 Å². The largest absolute Gasteiger partial charge is 0.497 e. The highest BCUT2D eigenvalue weighted by Gasteiger charge is 2.25. The quantitative estimate of drug-likeness (QED) is 0.417. The van der Waals surface area contributed by atoms with Gasteiger partial charge < -0.3 is 33.3 Å². The summed E-state index contributed by atoms with van der Waals surface area (Å²) in [5, 5.41) is 0. The van der Waals surface area contributed by atoms with Gasteiger partial charge in [-0.2, -0.15) is 0 Å². The van der Waals surface area contributed by atoms with Gasteiger partial charge in [-0.1, -0.05) is 6.07 Å². The van der Waals surface area contributed by atoms with E-state index < -0.39 is 5.97 Å². The summed E-state index contributed by atoms with van der Waals surface area (Å²) in [5.41, 5.74) is 1.32. The summed E-state index contributed by atoms with van der Waals surface area (Å²) in [5.74, 6) is 1.36. The van der Waals surface area contributed by atoms with Crippen LogP contribution < -0.4 is 18.9 Å². The van der Waals surface area contributed by atoms with Crippen molar-refractivity contribution in [3.05, 3.63) is 53.2 Å². The average molecular weight is 482 g/mol. The average Bonchev–Trinajstić information content (AvgIpc) is 3.27. The molecule has 0 atom stereocenters. The first-order valence-corrected chi connectivity index (χ1v) is 10.9. The minimum absolute atomic E-state index is 0.110. The Kier molecular flexibility index (Phi) is 7.51. The maximum absolute atomic E-state index is 12.4. The van der Waals surface area contributed by atoms with Crippen LogP contribution in [-0.4, -0.2) is 76.9 Å². The minimum atomic E-state index is -0.586. The molecule has 4 rings (SSSR count). The zero-order chi connectivity index (χ0) is 24.8. The van der Waals surface area contributed by atoms with Crippen molar-refractivity contribution in [1.29, 1.82) is 0 Å². The molecule has 10 nitrogen and oxygen atoms in total. The van der Waals surface area contributed by atoms with Gasteiger partial charge >= 0.3 is 5.97 Å². The number of hydrogen-bond donors (Lipinski definition) is 0. The fourth-order valence-electron chi connectivity index (χ4n) is 3.56. The van der Waals surface area contributed by atoms with Gasteiger partial charge in [-0.15, -0.1) is 0 Å². The predicted octanol–water partition coefficient (Wildman–Crippen LogP) is 2.29. The lowest BCUT2D eigenvalue weighted by Gasteiger charge is -2.26. The summed E-state index contributed by atoms with van der Waals surface area (Å²) in [6, 6.07) is 10.2. The number of amides is 1. The maximum atomic E-state index is 12.4. The Morgan fingerprint density at radius 3 is 2.37 bits per heavy atom. The highest BCUT2D eigenvalue weighted by atomic mass is 16.6. The molecule has 0 bridgehead atoms. The molecule has 2 aliphatic heterocycles. The van der Waals surface area contributed by atoms with E-state index in [2.05, 4.69) is 4.99 Å². The molecule has 2 aromatic rings. The molecule has 10 heteroatoms. The van der Waals surface area contributed by atoms with E-state index in [1.807, 2.05) is 0 Å². The molecule has 1 fully saturated rings. The maximum Gasteiger partial charge on any atom is 0.363 e. The Morgan fingerprint density at radius 2 is 1.71 bits per heavy atom. The molecule has 0 saturated carbocycles. The summed E-state index contributed by atoms with van der Waals surface area (Å²) in [6.07, 6.45) is 1.58. The highest BCUT2D eigenvalue weighted by Crippen LogP contribution is 2.30. The second-order valence-electron chi connectivity index (χ2n) is 7.63. The van der Waals surface area contributed by atoms with E-state index >= 15 is 0 Å². The summed E-state index contributed by atoms with van der Waals surface area (Å²) in [7, 11) is 4.57. The van der Waals surface area contributed by atoms with Gasteiger partial charge in [0, 0.05) is 24.7 Å². The summed E-state index contributed by atoms with van der Waals surface area (Å²) in [6.45, 7) is 2.04. The second-order valence-corrected chi connectivity index (χ2v) is 7.63. The number of nitrogens with zero attached hydrogens (tertiary/aromatic N) is 2. The smallest absolute Gasteiger partial charge is 0.363 e. The van der Waals surface area contributed by atoms with Crippen LogP contribution in [0.5, 0.6) is 23.0 Å². The number of morpholine rings is 1. The number of cyclic esters (lactones) is 1. The van der Waals surface area contributed by atoms with E-state index in [9.17, 15) is 9.59 Å². The molecule has 0 aliphatic carbocycles. The number of ether oxygens (including phenoxy) is 6. The van der Waals surface area contributed by atoms with Crippen LogP contribution in [0.25, 0.3) is 6.08 Å². The number of methoxy groups -OCH3 is 3. The van der Waals surface area contributed by atoms with E-state index in [-0.39, 0.29) is 24.1 Å². The van der Waals surface area contributed by atoms with Gasteiger partial charge in [-0.3, -0.25) is 4.79 Å². The van der Waals surface area contributed by atoms with E-state index in [1.165, 1.54) is 21.3 Å². The SMILES string of the molecule is COc1cc(OC)cc(C2=N/C(=C\c3ccc(OCC(=O)N4CCOCC4)c(OC)c3)C(=O)O2)c1. The lowest BCUT2D eigenvalue weighted by molar-refractivity contribution is -0.137. The van der Waals surface area contributed by atoms with Crippen molar-refractivity contribution >= 4 is 23.9 Å². The molecular formula is C25H26N2O8. The van der Waals surface area contributed by atoms with Gasteiger partial charge in [0.15, 0.2) is 23.8 Å². The fourth-order valence-corrected chi connectivity index (χ4v) is 3.56. The number of hydrogen-bond acceptors (Lipinski definition) is 9. The van der Waals surface area contributed by atoms with Gasteiger partial charge in [-0.05, 0) is 35.9 Å². The Bertz CT molecular complexity index is 1150. The van der Waals surface area contributed by atoms with E-state index in [0.29, 0.717) is 60.4 Å². The number of carbonyl (C=O) groups is 2. The van der Waals surface area contributed by atoms with Crippen molar-refractivity contribution < 1.29 is 38.0 Å². The van der Waals surface area contributed by atoms with Crippen molar-refractivity contribution in [1.82, 2.24) is 4.90 Å². The van der Waals surface area contributed by atoms with Gasteiger partial charge in [0.25, 0.3) is 5.91 Å².